The number of ether oxygens (including phenoxy) is 1. The summed E-state index contributed by atoms with van der Waals surface area (Å²) in [6.45, 7) is 24.5. The van der Waals surface area contributed by atoms with Gasteiger partial charge in [-0.15, -0.1) is 0 Å². The van der Waals surface area contributed by atoms with Gasteiger partial charge < -0.3 is 4.74 Å². The zero-order valence-electron chi connectivity index (χ0n) is 8.19. The molecule has 0 bridgehead atoms. The van der Waals surface area contributed by atoms with Crippen molar-refractivity contribution in [1.29, 1.82) is 0 Å². The molecule has 1 aliphatic heterocycles. The van der Waals surface area contributed by atoms with Gasteiger partial charge in [0.2, 0.25) is 0 Å². The standard InChI is InChI=1S/C4H8O.5CO.Cr/c1-2-4-5-3-1;5*1-2;/h1-4H2;;;;;;. The van der Waals surface area contributed by atoms with Gasteiger partial charge in [-0.1, -0.05) is 0 Å². The summed E-state index contributed by atoms with van der Waals surface area (Å²) in [4.78, 5) is 0. The predicted molar refractivity (Wildman–Crippen MR) is 39.7 cm³/mol. The van der Waals surface area contributed by atoms with Crippen LogP contribution in [0.4, 0.5) is 0 Å². The fourth-order valence-corrected chi connectivity index (χ4v) is 0.510. The van der Waals surface area contributed by atoms with Crippen LogP contribution in [-0.4, -0.2) is 13.2 Å². The van der Waals surface area contributed by atoms with E-state index >= 15 is 0 Å². The van der Waals surface area contributed by atoms with E-state index in [1.54, 1.807) is 0 Å². The molecule has 0 aromatic carbocycles. The predicted octanol–water partition coefficient (Wildman–Crippen LogP) is 0.607. The molecular weight excluding hydrogens is 256 g/mol. The van der Waals surface area contributed by atoms with Gasteiger partial charge in [-0.3, -0.25) is 0 Å². The third kappa shape index (κ3) is 112. The van der Waals surface area contributed by atoms with E-state index in [0.717, 1.165) is 13.2 Å². The molecule has 1 saturated heterocycles. The molecule has 16 heavy (non-hydrogen) atoms. The zero-order chi connectivity index (χ0) is 13.5. The van der Waals surface area contributed by atoms with Crippen LogP contribution in [-0.2, 0) is 45.4 Å². The normalized spacial score (nSPS) is 8.12. The molecule has 0 N–H and O–H groups in total. The van der Waals surface area contributed by atoms with Crippen LogP contribution < -0.4 is 0 Å². The van der Waals surface area contributed by atoms with Crippen molar-refractivity contribution < 1.29 is 45.4 Å². The Morgan fingerprint density at radius 1 is 0.562 bits per heavy atom. The van der Waals surface area contributed by atoms with Crippen LogP contribution in [0.1, 0.15) is 12.8 Å². The minimum absolute atomic E-state index is 0. The topological polar surface area (TPSA) is 109 Å². The van der Waals surface area contributed by atoms with Crippen LogP contribution in [0.5, 0.6) is 0 Å². The average molecular weight is 264 g/mol. The van der Waals surface area contributed by atoms with Gasteiger partial charge >= 0.3 is 56.5 Å². The molecule has 0 unspecified atom stereocenters. The second-order valence-electron chi connectivity index (χ2n) is 1.32. The van der Waals surface area contributed by atoms with E-state index in [9.17, 15) is 0 Å². The smallest absolute Gasteiger partial charge is 0 e. The van der Waals surface area contributed by atoms with Gasteiger partial charge in [-0.2, -0.15) is 0 Å². The molecule has 1 heterocycles. The van der Waals surface area contributed by atoms with E-state index in [2.05, 4.69) is 33.3 Å². The van der Waals surface area contributed by atoms with Crippen LogP contribution >= 0.6 is 0 Å². The molecule has 0 atom stereocenters. The fraction of sp³-hybridized carbons (Fsp3) is 0.444. The van der Waals surface area contributed by atoms with Crippen LogP contribution in [0.15, 0.2) is 0 Å². The molecule has 86 valence electrons. The van der Waals surface area contributed by atoms with Crippen molar-refractivity contribution in [2.45, 2.75) is 12.8 Å². The third-order valence-electron chi connectivity index (χ3n) is 0.827. The van der Waals surface area contributed by atoms with Gasteiger partial charge in [-0.05, 0) is 12.8 Å². The second-order valence-corrected chi connectivity index (χ2v) is 1.32. The minimum atomic E-state index is 0. The Morgan fingerprint density at radius 2 is 0.750 bits per heavy atom. The molecule has 1 fully saturated rings. The van der Waals surface area contributed by atoms with Gasteiger partial charge in [0, 0.05) is 30.6 Å². The summed E-state index contributed by atoms with van der Waals surface area (Å²) in [5.74, 6) is 0. The van der Waals surface area contributed by atoms with E-state index < -0.39 is 0 Å². The van der Waals surface area contributed by atoms with E-state index in [1.165, 1.54) is 12.8 Å². The Balaban J connectivity index is -0.0000000203. The zero-order valence-corrected chi connectivity index (χ0v) is 9.46. The summed E-state index contributed by atoms with van der Waals surface area (Å²) in [6.07, 6.45) is 2.56. The summed E-state index contributed by atoms with van der Waals surface area (Å²) < 4.78 is 42.4. The van der Waals surface area contributed by atoms with E-state index in [0.29, 0.717) is 0 Å². The average Bonchev–Trinajstić information content (AvgIpc) is 3.00. The number of hydrogen-bond donors (Lipinski definition) is 0. The molecule has 0 radical (unpaired) electrons. The van der Waals surface area contributed by atoms with E-state index in [-0.39, 0.29) is 17.4 Å². The quantitative estimate of drug-likeness (QED) is 0.463. The van der Waals surface area contributed by atoms with Crippen LogP contribution in [0.3, 0.4) is 0 Å². The summed E-state index contributed by atoms with van der Waals surface area (Å²) in [5, 5.41) is 0. The van der Waals surface area contributed by atoms with Crippen LogP contribution in [0.2, 0.25) is 0 Å². The first-order chi connectivity index (χ1) is 7.50. The monoisotopic (exact) mass is 264 g/mol. The summed E-state index contributed by atoms with van der Waals surface area (Å²) in [5.41, 5.74) is 0. The van der Waals surface area contributed by atoms with Gasteiger partial charge in [-0.25, -0.2) is 0 Å². The van der Waals surface area contributed by atoms with Gasteiger partial charge in [0.15, 0.2) is 0 Å². The Kier molecular flexibility index (Phi) is 318. The van der Waals surface area contributed by atoms with Crippen molar-refractivity contribution in [3.63, 3.8) is 0 Å². The summed E-state index contributed by atoms with van der Waals surface area (Å²) in [7, 11) is 0. The molecule has 0 aliphatic carbocycles. The molecule has 7 heteroatoms. The second kappa shape index (κ2) is 141. The first-order valence-corrected chi connectivity index (χ1v) is 3.10. The number of rotatable bonds is 0. The van der Waals surface area contributed by atoms with Crippen molar-refractivity contribution in [3.8, 4) is 0 Å². The van der Waals surface area contributed by atoms with Gasteiger partial charge in [0.1, 0.15) is 0 Å². The first kappa shape index (κ1) is 36.2. The summed E-state index contributed by atoms with van der Waals surface area (Å²) in [6, 6.07) is 0. The maximum absolute atomic E-state index is 7.50. The molecule has 0 amide bonds. The van der Waals surface area contributed by atoms with E-state index in [1.807, 2.05) is 0 Å². The molecule has 0 aromatic rings. The fourth-order valence-electron chi connectivity index (χ4n) is 0.510. The summed E-state index contributed by atoms with van der Waals surface area (Å²) >= 11 is 0. The van der Waals surface area contributed by atoms with Crippen molar-refractivity contribution in [2.75, 3.05) is 13.2 Å². The third-order valence-corrected chi connectivity index (χ3v) is 0.827. The molecule has 0 aromatic heterocycles. The van der Waals surface area contributed by atoms with Gasteiger partial charge in [0.25, 0.3) is 0 Å². The van der Waals surface area contributed by atoms with Crippen LogP contribution in [0, 0.1) is 33.3 Å². The largest absolute Gasteiger partial charge is 0 e. The maximum Gasteiger partial charge on any atom is 0 e. The molecule has 6 nitrogen and oxygen atoms in total. The molecule has 0 saturated carbocycles. The Hall–Kier alpha value is -0.808. The van der Waals surface area contributed by atoms with Gasteiger partial charge in [0.05, 0.1) is 0 Å². The van der Waals surface area contributed by atoms with Crippen molar-refractivity contribution >= 4 is 0 Å². The Labute approximate surface area is 105 Å². The minimum Gasteiger partial charge on any atom is 0 e. The molecule has 1 rings (SSSR count). The molecule has 0 spiro atoms. The van der Waals surface area contributed by atoms with Crippen molar-refractivity contribution in [2.24, 2.45) is 0 Å². The maximum atomic E-state index is 7.50. The van der Waals surface area contributed by atoms with Crippen molar-refractivity contribution in [1.82, 2.24) is 0 Å². The number of hydrogen-bond acceptors (Lipinski definition) is 1. The Bertz CT molecular complexity index is 123. The molecular formula is C9H8CrO6. The van der Waals surface area contributed by atoms with Crippen molar-refractivity contribution in [3.05, 3.63) is 33.3 Å². The van der Waals surface area contributed by atoms with Crippen LogP contribution in [0.25, 0.3) is 0 Å². The first-order valence-electron chi connectivity index (χ1n) is 3.10. The van der Waals surface area contributed by atoms with E-state index in [4.69, 9.17) is 28.0 Å². The Morgan fingerprint density at radius 3 is 0.812 bits per heavy atom. The molecule has 1 aliphatic rings. The SMILES string of the molecule is C1CCOC1.[C-]#[O+].[C-]#[O+].[C-]#[O+].[C-]#[O+].[C-]#[O+].[Cr].